The number of hydrogen-bond acceptors (Lipinski definition) is 5. The van der Waals surface area contributed by atoms with E-state index in [9.17, 15) is 17.6 Å². The van der Waals surface area contributed by atoms with E-state index < -0.39 is 31.9 Å². The summed E-state index contributed by atoms with van der Waals surface area (Å²) in [6, 6.07) is 0. The van der Waals surface area contributed by atoms with E-state index >= 15 is 0 Å². The third-order valence-electron chi connectivity index (χ3n) is 1.30. The summed E-state index contributed by atoms with van der Waals surface area (Å²) in [6.45, 7) is -2.03. The molecule has 0 saturated heterocycles. The zero-order chi connectivity index (χ0) is 14.6. The van der Waals surface area contributed by atoms with Gasteiger partial charge < -0.3 is 33.6 Å². The summed E-state index contributed by atoms with van der Waals surface area (Å²) < 4.78 is 53.2. The van der Waals surface area contributed by atoms with Crippen LogP contribution in [0.25, 0.3) is 0 Å². The Labute approximate surface area is 102 Å². The van der Waals surface area contributed by atoms with Crippen LogP contribution in [0.1, 0.15) is 6.42 Å². The van der Waals surface area contributed by atoms with E-state index in [4.69, 9.17) is 15.3 Å². The van der Waals surface area contributed by atoms with Gasteiger partial charge >= 0.3 is 6.11 Å². The second-order valence-corrected chi connectivity index (χ2v) is 3.12. The van der Waals surface area contributed by atoms with Crippen molar-refractivity contribution in [3.05, 3.63) is 6.43 Å². The van der Waals surface area contributed by atoms with Gasteiger partial charge in [0.05, 0.1) is 12.7 Å². The Morgan fingerprint density at radius 2 is 1.84 bits per heavy atom. The van der Waals surface area contributed by atoms with Crippen LogP contribution in [0.4, 0.5) is 17.6 Å². The molecule has 0 radical (unpaired) electrons. The van der Waals surface area contributed by atoms with Gasteiger partial charge in [-0.05, 0) is 13.0 Å². The van der Waals surface area contributed by atoms with E-state index in [1.165, 1.54) is 0 Å². The van der Waals surface area contributed by atoms with Gasteiger partial charge in [-0.1, -0.05) is 0 Å². The summed E-state index contributed by atoms with van der Waals surface area (Å²) in [4.78, 5) is 0. The van der Waals surface area contributed by atoms with Crippen LogP contribution >= 0.6 is 0 Å². The molecule has 1 unspecified atom stereocenters. The van der Waals surface area contributed by atoms with Crippen LogP contribution in [-0.2, 0) is 9.47 Å². The van der Waals surface area contributed by atoms with E-state index in [0.717, 1.165) is 7.11 Å². The van der Waals surface area contributed by atoms with Crippen molar-refractivity contribution in [2.24, 2.45) is 0 Å². The Kier molecular flexibility index (Phi) is 15.5. The van der Waals surface area contributed by atoms with Crippen molar-refractivity contribution in [1.29, 1.82) is 0 Å². The molecule has 114 valence electrons. The molecule has 3 N–H and O–H groups in total. The summed E-state index contributed by atoms with van der Waals surface area (Å²) in [5.74, 6) is 0. The normalized spacial score (nSPS) is 12.5. The number of rotatable bonds is 8. The Bertz CT molecular complexity index is 182. The topological polar surface area (TPSA) is 79.2 Å². The van der Waals surface area contributed by atoms with Gasteiger partial charge in [-0.25, -0.2) is 0 Å². The van der Waals surface area contributed by atoms with Crippen LogP contribution in [0, 0.1) is 6.43 Å². The van der Waals surface area contributed by atoms with Crippen molar-refractivity contribution in [3.63, 3.8) is 0 Å². The molecule has 0 aromatic rings. The second kappa shape index (κ2) is 13.0. The maximum atomic E-state index is 11.3. The molecule has 0 heterocycles. The van der Waals surface area contributed by atoms with Crippen LogP contribution in [0.5, 0.6) is 0 Å². The molecular formula is C9H17F4O5Rf-. The minimum absolute atomic E-state index is 0. The van der Waals surface area contributed by atoms with Crippen LogP contribution < -0.4 is 0 Å². The van der Waals surface area contributed by atoms with E-state index in [2.05, 4.69) is 9.47 Å². The van der Waals surface area contributed by atoms with Crippen molar-refractivity contribution in [2.45, 2.75) is 18.6 Å². The Morgan fingerprint density at radius 1 is 1.32 bits per heavy atom. The molecule has 0 fully saturated rings. The summed E-state index contributed by atoms with van der Waals surface area (Å²) in [6.07, 6.45) is -6.21. The fourth-order valence-electron chi connectivity index (χ4n) is 0.678. The van der Waals surface area contributed by atoms with E-state index in [-0.39, 0.29) is 19.6 Å². The van der Waals surface area contributed by atoms with Gasteiger partial charge in [-0.3, -0.25) is 0 Å². The first-order valence-electron chi connectivity index (χ1n) is 4.85. The summed E-state index contributed by atoms with van der Waals surface area (Å²) in [7, 11) is 1.09. The molecule has 0 aliphatic carbocycles. The molecule has 1 atom stereocenters. The van der Waals surface area contributed by atoms with Gasteiger partial charge in [0.25, 0.3) is 0 Å². The molecule has 0 saturated carbocycles. The first-order chi connectivity index (χ1) is 8.22. The Hall–Kier alpha value is -1.48. The SMILES string of the molecule is COCC(O)(F)F.OCCC(O)COC[C-](F)F.[Rf]. The van der Waals surface area contributed by atoms with E-state index in [1.54, 1.807) is 0 Å². The van der Waals surface area contributed by atoms with Crippen LogP contribution in [0.15, 0.2) is 0 Å². The molecule has 0 bridgehead atoms. The maximum Gasteiger partial charge on any atom is 0.376 e. The summed E-state index contributed by atoms with van der Waals surface area (Å²) in [5.41, 5.74) is 0. The van der Waals surface area contributed by atoms with Crippen molar-refractivity contribution in [3.8, 4) is 0 Å². The third-order valence-corrected chi connectivity index (χ3v) is 1.30. The number of aliphatic hydroxyl groups excluding tert-OH is 2. The first kappa shape index (κ1) is 22.7. The molecular weight excluding hydrogens is 531 g/mol. The molecule has 0 amide bonds. The molecule has 19 heavy (non-hydrogen) atoms. The smallest absolute Gasteiger partial charge is 0.376 e. The molecule has 0 rings (SSSR count). The Balaban J connectivity index is -0.000000280. The quantitative estimate of drug-likeness (QED) is 0.303. The van der Waals surface area contributed by atoms with Crippen molar-refractivity contribution >= 4 is 0 Å². The molecule has 5 nitrogen and oxygen atoms in total. The Morgan fingerprint density at radius 3 is 2.11 bits per heavy atom. The van der Waals surface area contributed by atoms with Gasteiger partial charge in [0.15, 0.2) is 0 Å². The average molecular weight is 548 g/mol. The van der Waals surface area contributed by atoms with Crippen molar-refractivity contribution in [1.82, 2.24) is 0 Å². The summed E-state index contributed by atoms with van der Waals surface area (Å²) >= 11 is 0. The predicted octanol–water partition coefficient (Wildman–Crippen LogP) is 0.393. The number of ether oxygens (including phenoxy) is 2. The van der Waals surface area contributed by atoms with Crippen molar-refractivity contribution < 1.29 is 42.4 Å². The van der Waals surface area contributed by atoms with Gasteiger partial charge in [0.2, 0.25) is 0 Å². The molecule has 0 aliphatic heterocycles. The number of aliphatic hydroxyl groups is 3. The third kappa shape index (κ3) is 26.2. The zero-order valence-electron chi connectivity index (χ0n) is 10.5. The largest absolute Gasteiger partial charge is 0.419 e. The maximum absolute atomic E-state index is 11.3. The second-order valence-electron chi connectivity index (χ2n) is 3.12. The van der Waals surface area contributed by atoms with Gasteiger partial charge in [-0.15, -0.1) is 0 Å². The molecule has 0 aromatic heterocycles. The van der Waals surface area contributed by atoms with Crippen LogP contribution in [0.2, 0.25) is 0 Å². The zero-order valence-corrected chi connectivity index (χ0v) is 16.9. The fraction of sp³-hybridized carbons (Fsp3) is 0.889. The predicted molar refractivity (Wildman–Crippen MR) is 53.0 cm³/mol. The summed E-state index contributed by atoms with van der Waals surface area (Å²) in [5, 5.41) is 24.7. The van der Waals surface area contributed by atoms with Crippen molar-refractivity contribution in [2.75, 3.05) is 33.5 Å². The number of halogens is 4. The standard InChI is InChI=1S/C6H11F2O3.C3H6F2O2.Rf/c7-6(8)4-11-3-5(10)1-2-9;1-7-2-3(4,5)6;/h5,9-10H,1-4H2;6H,2H2,1H3;/q-1;;. The number of hydrogen-bond donors (Lipinski definition) is 3. The minimum atomic E-state index is -3.67. The van der Waals surface area contributed by atoms with Gasteiger partial charge in [0, 0.05) is 20.1 Å². The van der Waals surface area contributed by atoms with Crippen LogP contribution in [0.3, 0.4) is 0 Å². The molecule has 10 heteroatoms. The fourth-order valence-corrected chi connectivity index (χ4v) is 0.678. The first-order valence-corrected chi connectivity index (χ1v) is 4.85. The van der Waals surface area contributed by atoms with Crippen LogP contribution in [-0.4, -0.2) is 61.1 Å². The number of methoxy groups -OCH3 is 1. The number of alkyl halides is 2. The van der Waals surface area contributed by atoms with Gasteiger partial charge in [0.1, 0.15) is 6.61 Å². The van der Waals surface area contributed by atoms with Gasteiger partial charge in [-0.2, -0.15) is 8.78 Å². The average Bonchev–Trinajstić information content (AvgIpc) is 2.16. The van der Waals surface area contributed by atoms with E-state index in [1.807, 2.05) is 0 Å². The monoisotopic (exact) mass is 548 g/mol. The molecule has 0 aliphatic rings. The van der Waals surface area contributed by atoms with E-state index in [0.29, 0.717) is 0 Å². The molecule has 0 spiro atoms. The minimum Gasteiger partial charge on any atom is -0.419 e. The molecule has 0 aromatic carbocycles.